The largest absolute Gasteiger partial charge is 0.496 e. The van der Waals surface area contributed by atoms with Crippen molar-refractivity contribution in [1.82, 2.24) is 5.32 Å². The summed E-state index contributed by atoms with van der Waals surface area (Å²) in [7, 11) is 1.56. The highest BCUT2D eigenvalue weighted by Gasteiger charge is 2.21. The fourth-order valence-electron chi connectivity index (χ4n) is 2.56. The van der Waals surface area contributed by atoms with E-state index in [9.17, 15) is 9.59 Å². The maximum absolute atomic E-state index is 12.2. The Morgan fingerprint density at radius 3 is 2.74 bits per heavy atom. The molecule has 1 atom stereocenters. The standard InChI is InChI=1S/C20H18ClNO5/c1-12(19(23)22-11-13-5-3-4-6-16(13)25-2)26-20(24)18-10-14-9-15(21)7-8-17(14)27-18/h3-10,12H,11H2,1-2H3,(H,22,23)/t12-/m0/s1. The lowest BCUT2D eigenvalue weighted by Crippen LogP contribution is -2.35. The first-order valence-corrected chi connectivity index (χ1v) is 8.65. The number of esters is 1. The number of carbonyl (C=O) groups excluding carboxylic acids is 2. The number of furan rings is 1. The highest BCUT2D eigenvalue weighted by Crippen LogP contribution is 2.23. The number of ether oxygens (including phenoxy) is 2. The van der Waals surface area contributed by atoms with Gasteiger partial charge in [0.2, 0.25) is 5.76 Å². The van der Waals surface area contributed by atoms with Gasteiger partial charge >= 0.3 is 5.97 Å². The molecule has 0 saturated heterocycles. The van der Waals surface area contributed by atoms with Crippen molar-refractivity contribution in [2.24, 2.45) is 0 Å². The van der Waals surface area contributed by atoms with Crippen molar-refractivity contribution in [3.8, 4) is 5.75 Å². The Morgan fingerprint density at radius 1 is 1.19 bits per heavy atom. The topological polar surface area (TPSA) is 77.8 Å². The number of nitrogens with one attached hydrogen (secondary N) is 1. The van der Waals surface area contributed by atoms with Crippen LogP contribution in [0.3, 0.4) is 0 Å². The summed E-state index contributed by atoms with van der Waals surface area (Å²) in [5.74, 6) is -0.462. The normalized spacial score (nSPS) is 11.8. The van der Waals surface area contributed by atoms with Crippen LogP contribution in [-0.4, -0.2) is 25.1 Å². The molecule has 1 aromatic heterocycles. The molecular weight excluding hydrogens is 370 g/mol. The van der Waals surface area contributed by atoms with Gasteiger partial charge in [-0.15, -0.1) is 0 Å². The molecule has 27 heavy (non-hydrogen) atoms. The Bertz CT molecular complexity index is 981. The van der Waals surface area contributed by atoms with Crippen molar-refractivity contribution in [3.63, 3.8) is 0 Å². The number of carbonyl (C=O) groups is 2. The lowest BCUT2D eigenvalue weighted by Gasteiger charge is -2.14. The second-order valence-electron chi connectivity index (χ2n) is 5.87. The first-order chi connectivity index (χ1) is 13.0. The smallest absolute Gasteiger partial charge is 0.375 e. The van der Waals surface area contributed by atoms with E-state index < -0.39 is 18.0 Å². The van der Waals surface area contributed by atoms with Crippen LogP contribution in [0, 0.1) is 0 Å². The molecule has 0 spiro atoms. The molecule has 1 N–H and O–H groups in total. The summed E-state index contributed by atoms with van der Waals surface area (Å²) in [5.41, 5.74) is 1.33. The van der Waals surface area contributed by atoms with Gasteiger partial charge in [-0.3, -0.25) is 4.79 Å². The zero-order chi connectivity index (χ0) is 19.4. The number of fused-ring (bicyclic) bond motifs is 1. The van der Waals surface area contributed by atoms with Crippen LogP contribution in [0.4, 0.5) is 0 Å². The summed E-state index contributed by atoms with van der Waals surface area (Å²) in [6.07, 6.45) is -0.982. The predicted octanol–water partition coefficient (Wildman–Crippen LogP) is 3.96. The van der Waals surface area contributed by atoms with Gasteiger partial charge in [0, 0.05) is 22.5 Å². The van der Waals surface area contributed by atoms with Crippen molar-refractivity contribution in [1.29, 1.82) is 0 Å². The van der Waals surface area contributed by atoms with E-state index in [2.05, 4.69) is 5.32 Å². The maximum atomic E-state index is 12.2. The molecule has 3 rings (SSSR count). The minimum Gasteiger partial charge on any atom is -0.496 e. The average molecular weight is 388 g/mol. The molecule has 2 aromatic carbocycles. The second-order valence-corrected chi connectivity index (χ2v) is 6.31. The Balaban J connectivity index is 1.60. The first kappa shape index (κ1) is 18.8. The zero-order valence-electron chi connectivity index (χ0n) is 14.8. The Kier molecular flexibility index (Phi) is 5.66. The van der Waals surface area contributed by atoms with E-state index in [0.29, 0.717) is 21.7 Å². The summed E-state index contributed by atoms with van der Waals surface area (Å²) in [5, 5.41) is 3.94. The molecule has 0 aliphatic heterocycles. The van der Waals surface area contributed by atoms with E-state index in [1.807, 2.05) is 18.2 Å². The van der Waals surface area contributed by atoms with E-state index >= 15 is 0 Å². The molecule has 1 amide bonds. The number of para-hydroxylation sites is 1. The number of amides is 1. The molecule has 1 heterocycles. The molecular formula is C20H18ClNO5. The van der Waals surface area contributed by atoms with E-state index in [1.54, 1.807) is 31.4 Å². The molecule has 0 fully saturated rings. The van der Waals surface area contributed by atoms with Crippen molar-refractivity contribution in [2.75, 3.05) is 7.11 Å². The van der Waals surface area contributed by atoms with E-state index in [-0.39, 0.29) is 12.3 Å². The highest BCUT2D eigenvalue weighted by molar-refractivity contribution is 6.31. The number of rotatable bonds is 6. The van der Waals surface area contributed by atoms with Crippen LogP contribution in [0.15, 0.2) is 52.9 Å². The molecule has 0 saturated carbocycles. The minimum atomic E-state index is -0.982. The minimum absolute atomic E-state index is 0.0108. The summed E-state index contributed by atoms with van der Waals surface area (Å²) >= 11 is 5.92. The van der Waals surface area contributed by atoms with Crippen LogP contribution >= 0.6 is 11.6 Å². The number of benzene rings is 2. The van der Waals surface area contributed by atoms with Gasteiger partial charge in [0.05, 0.1) is 7.11 Å². The third kappa shape index (κ3) is 4.41. The van der Waals surface area contributed by atoms with E-state index in [0.717, 1.165) is 5.56 Å². The first-order valence-electron chi connectivity index (χ1n) is 8.27. The van der Waals surface area contributed by atoms with Crippen LogP contribution in [-0.2, 0) is 16.1 Å². The van der Waals surface area contributed by atoms with Gasteiger partial charge in [-0.25, -0.2) is 4.79 Å². The van der Waals surface area contributed by atoms with Gasteiger partial charge in [-0.1, -0.05) is 29.8 Å². The van der Waals surface area contributed by atoms with Crippen molar-refractivity contribution < 1.29 is 23.5 Å². The average Bonchev–Trinajstić information content (AvgIpc) is 3.09. The monoisotopic (exact) mass is 387 g/mol. The van der Waals surface area contributed by atoms with Crippen LogP contribution in [0.25, 0.3) is 11.0 Å². The number of methoxy groups -OCH3 is 1. The van der Waals surface area contributed by atoms with E-state index in [1.165, 1.54) is 13.0 Å². The van der Waals surface area contributed by atoms with Crippen molar-refractivity contribution >= 4 is 34.4 Å². The molecule has 140 valence electrons. The highest BCUT2D eigenvalue weighted by atomic mass is 35.5. The molecule has 3 aromatic rings. The second kappa shape index (κ2) is 8.14. The Morgan fingerprint density at radius 2 is 1.96 bits per heavy atom. The number of hydrogen-bond donors (Lipinski definition) is 1. The van der Waals surface area contributed by atoms with Crippen LogP contribution in [0.5, 0.6) is 5.75 Å². The van der Waals surface area contributed by atoms with Crippen molar-refractivity contribution in [2.45, 2.75) is 19.6 Å². The van der Waals surface area contributed by atoms with Crippen LogP contribution in [0.1, 0.15) is 23.0 Å². The van der Waals surface area contributed by atoms with Crippen LogP contribution in [0.2, 0.25) is 5.02 Å². The molecule has 0 bridgehead atoms. The Labute approximate surface area is 161 Å². The molecule has 0 unspecified atom stereocenters. The fraction of sp³-hybridized carbons (Fsp3) is 0.200. The summed E-state index contributed by atoms with van der Waals surface area (Å²) < 4.78 is 15.9. The Hall–Kier alpha value is -2.99. The summed E-state index contributed by atoms with van der Waals surface area (Å²) in [6.45, 7) is 1.75. The number of hydrogen-bond acceptors (Lipinski definition) is 5. The molecule has 6 nitrogen and oxygen atoms in total. The predicted molar refractivity (Wildman–Crippen MR) is 101 cm³/mol. The van der Waals surface area contributed by atoms with E-state index in [4.69, 9.17) is 25.5 Å². The third-order valence-corrected chi connectivity index (χ3v) is 4.21. The lowest BCUT2D eigenvalue weighted by molar-refractivity contribution is -0.129. The zero-order valence-corrected chi connectivity index (χ0v) is 15.6. The molecule has 0 radical (unpaired) electrons. The molecule has 0 aliphatic carbocycles. The summed E-state index contributed by atoms with van der Waals surface area (Å²) in [4.78, 5) is 24.5. The van der Waals surface area contributed by atoms with Gasteiger partial charge in [0.15, 0.2) is 6.10 Å². The van der Waals surface area contributed by atoms with Gasteiger partial charge in [0.25, 0.3) is 5.91 Å². The van der Waals surface area contributed by atoms with Crippen LogP contribution < -0.4 is 10.1 Å². The fourth-order valence-corrected chi connectivity index (χ4v) is 2.74. The van der Waals surface area contributed by atoms with Gasteiger partial charge in [0.1, 0.15) is 11.3 Å². The molecule has 0 aliphatic rings. The molecule has 7 heteroatoms. The lowest BCUT2D eigenvalue weighted by atomic mass is 10.2. The van der Waals surface area contributed by atoms with Gasteiger partial charge in [-0.2, -0.15) is 0 Å². The summed E-state index contributed by atoms with van der Waals surface area (Å²) in [6, 6.07) is 13.9. The third-order valence-electron chi connectivity index (χ3n) is 3.98. The van der Waals surface area contributed by atoms with Gasteiger partial charge < -0.3 is 19.2 Å². The maximum Gasteiger partial charge on any atom is 0.375 e. The quantitative estimate of drug-likeness (QED) is 0.648. The number of halogens is 1. The SMILES string of the molecule is COc1ccccc1CNC(=O)[C@H](C)OC(=O)c1cc2cc(Cl)ccc2o1. The van der Waals surface area contributed by atoms with Gasteiger partial charge in [-0.05, 0) is 37.3 Å². The van der Waals surface area contributed by atoms with Crippen molar-refractivity contribution in [3.05, 3.63) is 64.9 Å².